The van der Waals surface area contributed by atoms with Gasteiger partial charge in [0.1, 0.15) is 0 Å². The normalized spacial score (nSPS) is 23.3. The fourth-order valence-electron chi connectivity index (χ4n) is 3.72. The van der Waals surface area contributed by atoms with Crippen LogP contribution < -0.4 is 5.32 Å². The molecule has 19 heavy (non-hydrogen) atoms. The summed E-state index contributed by atoms with van der Waals surface area (Å²) in [7, 11) is 0. The van der Waals surface area contributed by atoms with Crippen LogP contribution in [0.1, 0.15) is 60.3 Å². The Bertz CT molecular complexity index is 340. The predicted molar refractivity (Wildman–Crippen MR) is 79.2 cm³/mol. The fraction of sp³-hybridized carbons (Fsp3) is 0.812. The lowest BCUT2D eigenvalue weighted by molar-refractivity contribution is -0.132. The minimum atomic E-state index is -0.798. The molecule has 3 nitrogen and oxygen atoms in total. The number of nitrogens with one attached hydrogen (secondary N) is 1. The van der Waals surface area contributed by atoms with Gasteiger partial charge in [-0.2, -0.15) is 0 Å². The second-order valence-corrected chi connectivity index (χ2v) is 7.41. The molecule has 1 saturated carbocycles. The highest BCUT2D eigenvalue weighted by molar-refractivity contribution is 5.86. The zero-order valence-corrected chi connectivity index (χ0v) is 13.0. The van der Waals surface area contributed by atoms with E-state index in [0.717, 1.165) is 0 Å². The van der Waals surface area contributed by atoms with Gasteiger partial charge in [0.15, 0.2) is 0 Å². The van der Waals surface area contributed by atoms with E-state index in [1.807, 2.05) is 13.0 Å². The number of carboxylic acids is 1. The van der Waals surface area contributed by atoms with Gasteiger partial charge in [-0.05, 0) is 36.5 Å². The van der Waals surface area contributed by atoms with Crippen molar-refractivity contribution in [2.24, 2.45) is 10.8 Å². The van der Waals surface area contributed by atoms with Crippen molar-refractivity contribution < 1.29 is 9.90 Å². The van der Waals surface area contributed by atoms with Gasteiger partial charge in [0.25, 0.3) is 0 Å². The second-order valence-electron chi connectivity index (χ2n) is 7.41. The summed E-state index contributed by atoms with van der Waals surface area (Å²) in [5, 5.41) is 12.5. The summed E-state index contributed by atoms with van der Waals surface area (Å²) in [5.41, 5.74) is 1.23. The molecule has 1 rings (SSSR count). The average Bonchev–Trinajstić information content (AvgIpc) is 2.19. The van der Waals surface area contributed by atoms with Crippen LogP contribution in [-0.2, 0) is 4.79 Å². The molecule has 0 atom stereocenters. The van der Waals surface area contributed by atoms with Gasteiger partial charge in [-0.15, -0.1) is 0 Å². The first-order chi connectivity index (χ1) is 8.65. The summed E-state index contributed by atoms with van der Waals surface area (Å²) >= 11 is 0. The molecule has 2 N–H and O–H groups in total. The molecular formula is C16H29NO2. The average molecular weight is 267 g/mol. The van der Waals surface area contributed by atoms with Crippen molar-refractivity contribution in [2.45, 2.75) is 66.3 Å². The molecule has 0 aromatic rings. The maximum absolute atomic E-state index is 10.9. The van der Waals surface area contributed by atoms with Gasteiger partial charge in [0.05, 0.1) is 0 Å². The van der Waals surface area contributed by atoms with Crippen molar-refractivity contribution in [3.8, 4) is 0 Å². The molecule has 0 radical (unpaired) electrons. The van der Waals surface area contributed by atoms with Gasteiger partial charge in [-0.25, -0.2) is 4.79 Å². The molecular weight excluding hydrogens is 238 g/mol. The molecule has 0 spiro atoms. The Hall–Kier alpha value is -0.830. The molecule has 110 valence electrons. The molecule has 0 aromatic heterocycles. The van der Waals surface area contributed by atoms with Crippen molar-refractivity contribution in [1.82, 2.24) is 5.32 Å². The van der Waals surface area contributed by atoms with E-state index in [2.05, 4.69) is 33.0 Å². The summed E-state index contributed by atoms with van der Waals surface area (Å²) in [6.45, 7) is 11.8. The largest absolute Gasteiger partial charge is 0.478 e. The van der Waals surface area contributed by atoms with E-state index < -0.39 is 5.97 Å². The summed E-state index contributed by atoms with van der Waals surface area (Å²) in [6.07, 6.45) is 5.98. The van der Waals surface area contributed by atoms with Crippen LogP contribution in [0.4, 0.5) is 0 Å². The van der Waals surface area contributed by atoms with Crippen molar-refractivity contribution in [2.75, 3.05) is 6.54 Å². The molecule has 1 fully saturated rings. The molecule has 0 saturated heterocycles. The number of hydrogen-bond donors (Lipinski definition) is 2. The summed E-state index contributed by atoms with van der Waals surface area (Å²) in [5.74, 6) is -0.798. The van der Waals surface area contributed by atoms with Crippen LogP contribution in [0.15, 0.2) is 11.6 Å². The van der Waals surface area contributed by atoms with Gasteiger partial charge in [0.2, 0.25) is 0 Å². The first-order valence-corrected chi connectivity index (χ1v) is 7.31. The first-order valence-electron chi connectivity index (χ1n) is 7.31. The highest BCUT2D eigenvalue weighted by atomic mass is 16.4. The van der Waals surface area contributed by atoms with E-state index in [9.17, 15) is 4.79 Å². The molecule has 1 aliphatic carbocycles. The minimum Gasteiger partial charge on any atom is -0.478 e. The Morgan fingerprint density at radius 2 is 1.79 bits per heavy atom. The van der Waals surface area contributed by atoms with Crippen molar-refractivity contribution in [1.29, 1.82) is 0 Å². The zero-order chi connectivity index (χ0) is 14.7. The van der Waals surface area contributed by atoms with Gasteiger partial charge in [0, 0.05) is 18.2 Å². The van der Waals surface area contributed by atoms with Crippen molar-refractivity contribution >= 4 is 5.97 Å². The van der Waals surface area contributed by atoms with E-state index in [0.29, 0.717) is 35.4 Å². The number of aliphatic carboxylic acids is 1. The highest BCUT2D eigenvalue weighted by Crippen LogP contribution is 2.45. The monoisotopic (exact) mass is 267 g/mol. The number of rotatable bonds is 5. The van der Waals surface area contributed by atoms with Crippen LogP contribution in [0.25, 0.3) is 0 Å². The van der Waals surface area contributed by atoms with Crippen LogP contribution >= 0.6 is 0 Å². The standard InChI is InChI=1S/C16H29NO2/c1-6-12(14(18)19)7-8-17-13-9-15(2,3)11-16(4,5)10-13/h7,13,17H,6,8-11H2,1-5H3,(H,18,19). The summed E-state index contributed by atoms with van der Waals surface area (Å²) in [6, 6.07) is 0.488. The maximum atomic E-state index is 10.9. The third-order valence-corrected chi connectivity index (χ3v) is 3.97. The lowest BCUT2D eigenvalue weighted by Gasteiger charge is -2.45. The van der Waals surface area contributed by atoms with E-state index in [1.54, 1.807) is 0 Å². The van der Waals surface area contributed by atoms with Crippen LogP contribution in [0.2, 0.25) is 0 Å². The predicted octanol–water partition coefficient (Wildman–Crippen LogP) is 3.60. The van der Waals surface area contributed by atoms with Crippen molar-refractivity contribution in [3.63, 3.8) is 0 Å². The van der Waals surface area contributed by atoms with E-state index in [-0.39, 0.29) is 0 Å². The first kappa shape index (κ1) is 16.2. The van der Waals surface area contributed by atoms with E-state index in [4.69, 9.17) is 5.11 Å². The topological polar surface area (TPSA) is 49.3 Å². The molecule has 0 heterocycles. The Balaban J connectivity index is 2.56. The quantitative estimate of drug-likeness (QED) is 0.748. The highest BCUT2D eigenvalue weighted by Gasteiger charge is 2.37. The number of carboxylic acid groups (broad SMARTS) is 1. The molecule has 0 bridgehead atoms. The van der Waals surface area contributed by atoms with Crippen LogP contribution in [0.5, 0.6) is 0 Å². The Labute approximate surface area is 117 Å². The molecule has 1 aliphatic rings. The van der Waals surface area contributed by atoms with Crippen LogP contribution in [0, 0.1) is 10.8 Å². The maximum Gasteiger partial charge on any atom is 0.331 e. The smallest absolute Gasteiger partial charge is 0.331 e. The molecule has 3 heteroatoms. The third kappa shape index (κ3) is 5.35. The summed E-state index contributed by atoms with van der Waals surface area (Å²) < 4.78 is 0. The zero-order valence-electron chi connectivity index (χ0n) is 13.0. The van der Waals surface area contributed by atoms with Gasteiger partial charge < -0.3 is 10.4 Å². The fourth-order valence-corrected chi connectivity index (χ4v) is 3.72. The Morgan fingerprint density at radius 3 is 2.21 bits per heavy atom. The third-order valence-electron chi connectivity index (χ3n) is 3.97. The van der Waals surface area contributed by atoms with E-state index >= 15 is 0 Å². The lowest BCUT2D eigenvalue weighted by Crippen LogP contribution is -2.44. The molecule has 0 amide bonds. The van der Waals surface area contributed by atoms with Gasteiger partial charge in [-0.3, -0.25) is 0 Å². The minimum absolute atomic E-state index is 0.365. The van der Waals surface area contributed by atoms with E-state index in [1.165, 1.54) is 19.3 Å². The van der Waals surface area contributed by atoms with Crippen molar-refractivity contribution in [3.05, 3.63) is 11.6 Å². The molecule has 0 aliphatic heterocycles. The second kappa shape index (κ2) is 6.08. The Morgan fingerprint density at radius 1 is 1.26 bits per heavy atom. The number of hydrogen-bond acceptors (Lipinski definition) is 2. The Kier molecular flexibility index (Phi) is 5.19. The van der Waals surface area contributed by atoms with Gasteiger partial charge in [-0.1, -0.05) is 40.7 Å². The van der Waals surface area contributed by atoms with Crippen LogP contribution in [-0.4, -0.2) is 23.7 Å². The van der Waals surface area contributed by atoms with Gasteiger partial charge >= 0.3 is 5.97 Å². The molecule has 0 aromatic carbocycles. The lowest BCUT2D eigenvalue weighted by atomic mass is 9.63. The van der Waals surface area contributed by atoms with Crippen LogP contribution in [0.3, 0.4) is 0 Å². The number of carbonyl (C=O) groups is 1. The SMILES string of the molecule is CCC(=CCNC1CC(C)(C)CC(C)(C)C1)C(=O)O. The molecule has 0 unspecified atom stereocenters. The summed E-state index contributed by atoms with van der Waals surface area (Å²) in [4.78, 5) is 10.9.